The summed E-state index contributed by atoms with van der Waals surface area (Å²) in [5.74, 6) is 0. The summed E-state index contributed by atoms with van der Waals surface area (Å²) in [5.41, 5.74) is 0. The van der Waals surface area contributed by atoms with Gasteiger partial charge in [0.1, 0.15) is 0 Å². The van der Waals surface area contributed by atoms with Gasteiger partial charge in [-0.3, -0.25) is 0 Å². The standard InChI is InChI=1S/C14H24N2S/c1-2-5-13(14-7-4-11-17-14)16-12-6-3-9-15-10-8-12/h4,7,11-13,15-16H,2-3,5-6,8-10H2,1H3. The van der Waals surface area contributed by atoms with Crippen LogP contribution in [0.1, 0.15) is 49.9 Å². The largest absolute Gasteiger partial charge is 0.317 e. The summed E-state index contributed by atoms with van der Waals surface area (Å²) in [4.78, 5) is 1.50. The van der Waals surface area contributed by atoms with Crippen LogP contribution in [0, 0.1) is 0 Å². The zero-order valence-corrected chi connectivity index (χ0v) is 11.6. The van der Waals surface area contributed by atoms with Crippen LogP contribution in [-0.4, -0.2) is 19.1 Å². The molecule has 1 aliphatic rings. The van der Waals surface area contributed by atoms with Crippen LogP contribution in [0.4, 0.5) is 0 Å². The summed E-state index contributed by atoms with van der Waals surface area (Å²) in [5, 5.41) is 9.54. The molecule has 0 radical (unpaired) electrons. The van der Waals surface area contributed by atoms with Crippen molar-refractivity contribution in [3.63, 3.8) is 0 Å². The van der Waals surface area contributed by atoms with Crippen molar-refractivity contribution in [2.24, 2.45) is 0 Å². The van der Waals surface area contributed by atoms with E-state index in [0.29, 0.717) is 12.1 Å². The van der Waals surface area contributed by atoms with Crippen molar-refractivity contribution in [1.82, 2.24) is 10.6 Å². The highest BCUT2D eigenvalue weighted by molar-refractivity contribution is 7.10. The third kappa shape index (κ3) is 4.09. The molecule has 17 heavy (non-hydrogen) atoms. The first-order valence-corrected chi connectivity index (χ1v) is 7.78. The normalized spacial score (nSPS) is 23.2. The van der Waals surface area contributed by atoms with Gasteiger partial charge in [0.25, 0.3) is 0 Å². The zero-order chi connectivity index (χ0) is 11.9. The summed E-state index contributed by atoms with van der Waals surface area (Å²) >= 11 is 1.89. The molecule has 96 valence electrons. The Labute approximate surface area is 109 Å². The van der Waals surface area contributed by atoms with Crippen LogP contribution in [-0.2, 0) is 0 Å². The molecule has 2 heterocycles. The van der Waals surface area contributed by atoms with E-state index in [1.54, 1.807) is 0 Å². The van der Waals surface area contributed by atoms with Crippen molar-refractivity contribution >= 4 is 11.3 Å². The first-order valence-electron chi connectivity index (χ1n) is 6.90. The van der Waals surface area contributed by atoms with Gasteiger partial charge in [0, 0.05) is 17.0 Å². The third-order valence-corrected chi connectivity index (χ3v) is 4.46. The minimum Gasteiger partial charge on any atom is -0.317 e. The van der Waals surface area contributed by atoms with Gasteiger partial charge in [0.15, 0.2) is 0 Å². The molecular formula is C14H24N2S. The molecule has 1 saturated heterocycles. The Morgan fingerprint density at radius 3 is 3.18 bits per heavy atom. The van der Waals surface area contributed by atoms with E-state index in [-0.39, 0.29) is 0 Å². The fraction of sp³-hybridized carbons (Fsp3) is 0.714. The Kier molecular flexibility index (Phi) is 5.49. The number of hydrogen-bond donors (Lipinski definition) is 2. The highest BCUT2D eigenvalue weighted by Gasteiger charge is 2.18. The van der Waals surface area contributed by atoms with Gasteiger partial charge >= 0.3 is 0 Å². The quantitative estimate of drug-likeness (QED) is 0.840. The van der Waals surface area contributed by atoms with E-state index in [2.05, 4.69) is 35.1 Å². The Morgan fingerprint density at radius 2 is 2.41 bits per heavy atom. The molecule has 1 aromatic rings. The molecule has 0 aliphatic carbocycles. The van der Waals surface area contributed by atoms with Crippen molar-refractivity contribution in [3.8, 4) is 0 Å². The third-order valence-electron chi connectivity index (χ3n) is 3.48. The molecule has 2 N–H and O–H groups in total. The summed E-state index contributed by atoms with van der Waals surface area (Å²) in [6.45, 7) is 4.63. The van der Waals surface area contributed by atoms with E-state index in [0.717, 1.165) is 0 Å². The summed E-state index contributed by atoms with van der Waals surface area (Å²) in [7, 11) is 0. The second-order valence-electron chi connectivity index (χ2n) is 4.90. The van der Waals surface area contributed by atoms with E-state index < -0.39 is 0 Å². The van der Waals surface area contributed by atoms with Gasteiger partial charge in [0.2, 0.25) is 0 Å². The van der Waals surface area contributed by atoms with E-state index in [1.165, 1.54) is 50.1 Å². The second kappa shape index (κ2) is 7.14. The first-order chi connectivity index (χ1) is 8.40. The molecule has 1 aromatic heterocycles. The summed E-state index contributed by atoms with van der Waals surface area (Å²) in [6, 6.07) is 5.71. The molecule has 1 fully saturated rings. The minimum absolute atomic E-state index is 0.572. The lowest BCUT2D eigenvalue weighted by molar-refractivity contribution is 0.391. The van der Waals surface area contributed by atoms with E-state index in [4.69, 9.17) is 0 Å². The van der Waals surface area contributed by atoms with Crippen molar-refractivity contribution in [1.29, 1.82) is 0 Å². The molecule has 2 rings (SSSR count). The Balaban J connectivity index is 1.92. The van der Waals surface area contributed by atoms with Crippen molar-refractivity contribution in [2.45, 2.75) is 51.1 Å². The maximum absolute atomic E-state index is 3.87. The van der Waals surface area contributed by atoms with Crippen molar-refractivity contribution < 1.29 is 0 Å². The smallest absolute Gasteiger partial charge is 0.0416 e. The van der Waals surface area contributed by atoms with Gasteiger partial charge < -0.3 is 10.6 Å². The van der Waals surface area contributed by atoms with E-state index >= 15 is 0 Å². The molecular weight excluding hydrogens is 228 g/mol. The SMILES string of the molecule is CCCC(NC1CCCNCC1)c1cccs1. The van der Waals surface area contributed by atoms with Crippen LogP contribution in [0.15, 0.2) is 17.5 Å². The first kappa shape index (κ1) is 13.1. The average Bonchev–Trinajstić information content (AvgIpc) is 2.75. The second-order valence-corrected chi connectivity index (χ2v) is 5.88. The monoisotopic (exact) mass is 252 g/mol. The van der Waals surface area contributed by atoms with Crippen LogP contribution >= 0.6 is 11.3 Å². The predicted molar refractivity (Wildman–Crippen MR) is 75.6 cm³/mol. The fourth-order valence-electron chi connectivity index (χ4n) is 2.56. The van der Waals surface area contributed by atoms with Crippen LogP contribution in [0.3, 0.4) is 0 Å². The summed E-state index contributed by atoms with van der Waals surface area (Å²) in [6.07, 6.45) is 6.40. The lowest BCUT2D eigenvalue weighted by Crippen LogP contribution is -2.33. The van der Waals surface area contributed by atoms with Gasteiger partial charge in [0.05, 0.1) is 0 Å². The molecule has 2 atom stereocenters. The molecule has 3 heteroatoms. The number of rotatable bonds is 5. The summed E-state index contributed by atoms with van der Waals surface area (Å²) < 4.78 is 0. The van der Waals surface area contributed by atoms with Gasteiger partial charge in [-0.15, -0.1) is 11.3 Å². The molecule has 2 nitrogen and oxygen atoms in total. The van der Waals surface area contributed by atoms with Crippen molar-refractivity contribution in [2.75, 3.05) is 13.1 Å². The van der Waals surface area contributed by atoms with Gasteiger partial charge in [-0.05, 0) is 50.2 Å². The Morgan fingerprint density at radius 1 is 1.47 bits per heavy atom. The molecule has 0 saturated carbocycles. The average molecular weight is 252 g/mol. The fourth-order valence-corrected chi connectivity index (χ4v) is 3.38. The number of nitrogens with one attached hydrogen (secondary N) is 2. The predicted octanol–water partition coefficient (Wildman–Crippen LogP) is 3.32. The Hall–Kier alpha value is -0.380. The zero-order valence-electron chi connectivity index (χ0n) is 10.7. The highest BCUT2D eigenvalue weighted by Crippen LogP contribution is 2.24. The van der Waals surface area contributed by atoms with Crippen LogP contribution in [0.2, 0.25) is 0 Å². The van der Waals surface area contributed by atoms with Crippen molar-refractivity contribution in [3.05, 3.63) is 22.4 Å². The van der Waals surface area contributed by atoms with Crippen LogP contribution in [0.5, 0.6) is 0 Å². The van der Waals surface area contributed by atoms with Gasteiger partial charge in [-0.25, -0.2) is 0 Å². The lowest BCUT2D eigenvalue weighted by Gasteiger charge is -2.24. The molecule has 2 unspecified atom stereocenters. The molecule has 1 aliphatic heterocycles. The minimum atomic E-state index is 0.572. The molecule has 0 spiro atoms. The molecule has 0 amide bonds. The molecule has 0 aromatic carbocycles. The topological polar surface area (TPSA) is 24.1 Å². The van der Waals surface area contributed by atoms with E-state index in [1.807, 2.05) is 11.3 Å². The van der Waals surface area contributed by atoms with Gasteiger partial charge in [-0.1, -0.05) is 19.4 Å². The van der Waals surface area contributed by atoms with E-state index in [9.17, 15) is 0 Å². The molecule has 0 bridgehead atoms. The van der Waals surface area contributed by atoms with Gasteiger partial charge in [-0.2, -0.15) is 0 Å². The maximum atomic E-state index is 3.87. The highest BCUT2D eigenvalue weighted by atomic mass is 32.1. The number of hydrogen-bond acceptors (Lipinski definition) is 3. The van der Waals surface area contributed by atoms with Crippen LogP contribution < -0.4 is 10.6 Å². The number of thiophene rings is 1. The Bertz CT molecular complexity index is 289. The maximum Gasteiger partial charge on any atom is 0.0416 e. The van der Waals surface area contributed by atoms with Crippen LogP contribution in [0.25, 0.3) is 0 Å². The lowest BCUT2D eigenvalue weighted by atomic mass is 10.0.